The molecule has 4 rings (SSSR count). The van der Waals surface area contributed by atoms with Gasteiger partial charge in [-0.05, 0) is 41.5 Å². The molecule has 1 atom stereocenters. The van der Waals surface area contributed by atoms with Gasteiger partial charge in [0.1, 0.15) is 18.3 Å². The lowest BCUT2D eigenvalue weighted by Crippen LogP contribution is -2.42. The van der Waals surface area contributed by atoms with Gasteiger partial charge in [0.25, 0.3) is 5.91 Å². The van der Waals surface area contributed by atoms with E-state index in [9.17, 15) is 13.6 Å². The summed E-state index contributed by atoms with van der Waals surface area (Å²) in [5, 5.41) is 0. The van der Waals surface area contributed by atoms with Gasteiger partial charge in [0.2, 0.25) is 5.54 Å². The van der Waals surface area contributed by atoms with Crippen LogP contribution in [-0.2, 0) is 17.0 Å². The van der Waals surface area contributed by atoms with E-state index in [2.05, 4.69) is 15.0 Å². The highest BCUT2D eigenvalue weighted by molar-refractivity contribution is 6.08. The zero-order chi connectivity index (χ0) is 21.5. The molecule has 9 heteroatoms. The minimum absolute atomic E-state index is 0.0309. The molecule has 2 N–H and O–H groups in total. The number of aliphatic imine (C=N–C) groups is 1. The van der Waals surface area contributed by atoms with E-state index in [1.54, 1.807) is 0 Å². The van der Waals surface area contributed by atoms with Gasteiger partial charge in [0.05, 0.1) is 11.9 Å². The molecule has 2 aromatic heterocycles. The number of benzene rings is 1. The highest BCUT2D eigenvalue weighted by atomic mass is 19.1. The Balaban J connectivity index is 1.99. The number of aromatic nitrogens is 2. The number of carbonyl (C=O) groups excluding carboxylic acids is 1. The SMILES string of the molecule is CN1C(=O)C(c2cc(CF)ccn2)(c2cc(-c3cncc(F)c3)ccc2F)N=C1N. The number of guanidine groups is 1. The Morgan fingerprint density at radius 3 is 2.57 bits per heavy atom. The Kier molecular flexibility index (Phi) is 4.73. The van der Waals surface area contributed by atoms with E-state index in [0.717, 1.165) is 17.2 Å². The van der Waals surface area contributed by atoms with E-state index >= 15 is 4.39 Å². The number of rotatable bonds is 4. The summed E-state index contributed by atoms with van der Waals surface area (Å²) >= 11 is 0. The van der Waals surface area contributed by atoms with Gasteiger partial charge in [-0.25, -0.2) is 18.2 Å². The maximum absolute atomic E-state index is 15.1. The Hall–Kier alpha value is -3.75. The Bertz CT molecular complexity index is 1180. The van der Waals surface area contributed by atoms with Crippen molar-refractivity contribution in [2.45, 2.75) is 12.2 Å². The molecule has 1 aliphatic heterocycles. The normalized spacial score (nSPS) is 18.6. The summed E-state index contributed by atoms with van der Waals surface area (Å²) in [6, 6.07) is 7.99. The predicted molar refractivity (Wildman–Crippen MR) is 104 cm³/mol. The number of carbonyl (C=O) groups is 1. The Morgan fingerprint density at radius 1 is 1.10 bits per heavy atom. The molecule has 3 aromatic rings. The van der Waals surface area contributed by atoms with Gasteiger partial charge in [-0.2, -0.15) is 0 Å². The van der Waals surface area contributed by atoms with Crippen LogP contribution < -0.4 is 5.73 Å². The van der Waals surface area contributed by atoms with Gasteiger partial charge < -0.3 is 5.73 Å². The molecule has 0 bridgehead atoms. The average molecular weight is 411 g/mol. The summed E-state index contributed by atoms with van der Waals surface area (Å²) in [6.45, 7) is -0.799. The minimum Gasteiger partial charge on any atom is -0.369 e. The van der Waals surface area contributed by atoms with Gasteiger partial charge in [0, 0.05) is 30.6 Å². The van der Waals surface area contributed by atoms with Crippen LogP contribution in [0.2, 0.25) is 0 Å². The van der Waals surface area contributed by atoms with E-state index < -0.39 is 29.8 Å². The Labute approximate surface area is 169 Å². The van der Waals surface area contributed by atoms with Crippen LogP contribution in [0, 0.1) is 11.6 Å². The van der Waals surface area contributed by atoms with E-state index in [1.807, 2.05) is 0 Å². The zero-order valence-electron chi connectivity index (χ0n) is 15.8. The van der Waals surface area contributed by atoms with E-state index in [-0.39, 0.29) is 22.8 Å². The third-order valence-electron chi connectivity index (χ3n) is 4.98. The van der Waals surface area contributed by atoms with Crippen molar-refractivity contribution >= 4 is 11.9 Å². The molecule has 3 heterocycles. The Morgan fingerprint density at radius 2 is 1.90 bits per heavy atom. The van der Waals surface area contributed by atoms with Gasteiger partial charge in [-0.15, -0.1) is 0 Å². The first kappa shape index (κ1) is 19.6. The average Bonchev–Trinajstić information content (AvgIpc) is 2.99. The van der Waals surface area contributed by atoms with Gasteiger partial charge >= 0.3 is 0 Å². The number of halogens is 3. The van der Waals surface area contributed by atoms with Crippen molar-refractivity contribution in [3.63, 3.8) is 0 Å². The van der Waals surface area contributed by atoms with Crippen molar-refractivity contribution in [3.8, 4) is 11.1 Å². The number of hydrogen-bond donors (Lipinski definition) is 1. The molecule has 1 amide bonds. The summed E-state index contributed by atoms with van der Waals surface area (Å²) in [7, 11) is 1.40. The largest absolute Gasteiger partial charge is 0.369 e. The van der Waals surface area contributed by atoms with Crippen molar-refractivity contribution < 1.29 is 18.0 Å². The summed E-state index contributed by atoms with van der Waals surface area (Å²) in [6.07, 6.45) is 3.78. The van der Waals surface area contributed by atoms with Crippen molar-refractivity contribution in [1.82, 2.24) is 14.9 Å². The monoisotopic (exact) mass is 411 g/mol. The summed E-state index contributed by atoms with van der Waals surface area (Å²) in [5.74, 6) is -2.08. The number of pyridine rings is 2. The fourth-order valence-electron chi connectivity index (χ4n) is 3.43. The van der Waals surface area contributed by atoms with E-state index in [0.29, 0.717) is 11.1 Å². The van der Waals surface area contributed by atoms with Crippen LogP contribution in [0.15, 0.2) is 60.0 Å². The number of hydrogen-bond acceptors (Lipinski definition) is 5. The number of likely N-dealkylation sites (N-methyl/N-ethyl adjacent to an activating group) is 1. The highest BCUT2D eigenvalue weighted by Crippen LogP contribution is 2.41. The summed E-state index contributed by atoms with van der Waals surface area (Å²) in [5.41, 5.74) is 4.88. The molecule has 0 fully saturated rings. The zero-order valence-corrected chi connectivity index (χ0v) is 15.8. The fraction of sp³-hybridized carbons (Fsp3) is 0.143. The maximum Gasteiger partial charge on any atom is 0.268 e. The second-order valence-electron chi connectivity index (χ2n) is 6.81. The standard InChI is InChI=1S/C21H16F3N5O/c1-29-19(30)21(28-20(29)25,18-6-12(9-22)4-5-27-18)16-8-13(2-3-17(16)24)14-7-15(23)11-26-10-14/h2-8,10-11H,9H2,1H3,(H2,25,28). The second-order valence-corrected chi connectivity index (χ2v) is 6.81. The first-order valence-corrected chi connectivity index (χ1v) is 8.92. The lowest BCUT2D eigenvalue weighted by molar-refractivity contribution is -0.129. The molecular formula is C21H16F3N5O. The van der Waals surface area contributed by atoms with Crippen LogP contribution in [0.3, 0.4) is 0 Å². The molecule has 1 aliphatic rings. The molecule has 0 radical (unpaired) electrons. The number of nitrogens with zero attached hydrogens (tertiary/aromatic N) is 4. The lowest BCUT2D eigenvalue weighted by Gasteiger charge is -2.26. The fourth-order valence-corrected chi connectivity index (χ4v) is 3.43. The quantitative estimate of drug-likeness (QED) is 0.716. The number of nitrogens with two attached hydrogens (primary N) is 1. The van der Waals surface area contributed by atoms with Crippen molar-refractivity contribution in [3.05, 3.63) is 83.4 Å². The van der Waals surface area contributed by atoms with Crippen LogP contribution >= 0.6 is 0 Å². The van der Waals surface area contributed by atoms with Gasteiger partial charge in [0.15, 0.2) is 5.96 Å². The molecular weight excluding hydrogens is 395 g/mol. The van der Waals surface area contributed by atoms with Crippen LogP contribution in [0.4, 0.5) is 13.2 Å². The number of alkyl halides is 1. The first-order valence-electron chi connectivity index (χ1n) is 8.92. The van der Waals surface area contributed by atoms with E-state index in [1.165, 1.54) is 49.8 Å². The van der Waals surface area contributed by atoms with Crippen molar-refractivity contribution in [2.24, 2.45) is 10.7 Å². The molecule has 0 saturated carbocycles. The minimum atomic E-state index is -1.94. The second kappa shape index (κ2) is 7.25. The summed E-state index contributed by atoms with van der Waals surface area (Å²) < 4.78 is 42.0. The predicted octanol–water partition coefficient (Wildman–Crippen LogP) is 2.92. The lowest BCUT2D eigenvalue weighted by atomic mass is 9.83. The smallest absolute Gasteiger partial charge is 0.268 e. The van der Waals surface area contributed by atoms with Crippen LogP contribution in [0.25, 0.3) is 11.1 Å². The highest BCUT2D eigenvalue weighted by Gasteiger charge is 2.52. The van der Waals surface area contributed by atoms with Crippen molar-refractivity contribution in [1.29, 1.82) is 0 Å². The third kappa shape index (κ3) is 2.99. The molecule has 0 aliphatic carbocycles. The molecule has 0 spiro atoms. The molecule has 1 aromatic carbocycles. The molecule has 152 valence electrons. The first-order chi connectivity index (χ1) is 14.4. The van der Waals surface area contributed by atoms with Crippen LogP contribution in [-0.4, -0.2) is 33.8 Å². The third-order valence-corrected chi connectivity index (χ3v) is 4.98. The van der Waals surface area contributed by atoms with Crippen LogP contribution in [0.1, 0.15) is 16.8 Å². The van der Waals surface area contributed by atoms with Gasteiger partial charge in [-0.1, -0.05) is 6.07 Å². The van der Waals surface area contributed by atoms with Crippen molar-refractivity contribution in [2.75, 3.05) is 7.05 Å². The van der Waals surface area contributed by atoms with E-state index in [4.69, 9.17) is 5.73 Å². The number of amides is 1. The van der Waals surface area contributed by atoms with Crippen LogP contribution in [0.5, 0.6) is 0 Å². The topological polar surface area (TPSA) is 84.5 Å². The van der Waals surface area contributed by atoms with Gasteiger partial charge in [-0.3, -0.25) is 19.7 Å². The molecule has 30 heavy (non-hydrogen) atoms. The summed E-state index contributed by atoms with van der Waals surface area (Å²) in [4.78, 5) is 26.6. The molecule has 1 unspecified atom stereocenters. The molecule has 0 saturated heterocycles. The maximum atomic E-state index is 15.1. The molecule has 6 nitrogen and oxygen atoms in total.